The van der Waals surface area contributed by atoms with Crippen molar-refractivity contribution < 1.29 is 19.5 Å². The molecule has 106 valence electrons. The summed E-state index contributed by atoms with van der Waals surface area (Å²) in [7, 11) is 0. The van der Waals surface area contributed by atoms with E-state index in [0.29, 0.717) is 0 Å². The first-order valence-corrected chi connectivity index (χ1v) is 6.72. The van der Waals surface area contributed by atoms with Crippen LogP contribution in [-0.2, 0) is 10.2 Å². The Kier molecular flexibility index (Phi) is 3.36. The Hall–Kier alpha value is -2.01. The van der Waals surface area contributed by atoms with Crippen LogP contribution in [0.3, 0.4) is 0 Å². The summed E-state index contributed by atoms with van der Waals surface area (Å²) >= 11 is 0. The molecule has 1 aliphatic carbocycles. The Bertz CT molecular complexity index is 555. The predicted octanol–water partition coefficient (Wildman–Crippen LogP) is 2.29. The van der Waals surface area contributed by atoms with E-state index in [-0.39, 0.29) is 24.5 Å². The minimum Gasteiger partial charge on any atom is -0.454 e. The van der Waals surface area contributed by atoms with Gasteiger partial charge in [-0.15, -0.1) is 0 Å². The molecule has 0 radical (unpaired) electrons. The maximum absolute atomic E-state index is 11.7. The van der Waals surface area contributed by atoms with Gasteiger partial charge in [0.2, 0.25) is 12.7 Å². The minimum atomic E-state index is -0.363. The fourth-order valence-corrected chi connectivity index (χ4v) is 2.99. The Balaban J connectivity index is 1.96. The molecule has 1 aromatic rings. The molecule has 0 spiro atoms. The number of hydrogen-bond donors (Lipinski definition) is 2. The molecule has 0 saturated heterocycles. The van der Waals surface area contributed by atoms with Gasteiger partial charge in [-0.05, 0) is 37.0 Å². The van der Waals surface area contributed by atoms with Crippen LogP contribution in [0.15, 0.2) is 30.4 Å². The number of fused-ring (bicyclic) bond motifs is 1. The van der Waals surface area contributed by atoms with Crippen molar-refractivity contribution in [3.8, 4) is 11.5 Å². The van der Waals surface area contributed by atoms with Gasteiger partial charge in [-0.1, -0.05) is 18.2 Å². The Morgan fingerprint density at radius 1 is 1.30 bits per heavy atom. The average molecular weight is 275 g/mol. The third-order valence-corrected chi connectivity index (χ3v) is 4.07. The summed E-state index contributed by atoms with van der Waals surface area (Å²) in [6, 6.07) is 5.82. The normalized spacial score (nSPS) is 23.6. The highest BCUT2D eigenvalue weighted by Gasteiger charge is 2.35. The van der Waals surface area contributed by atoms with Gasteiger partial charge < -0.3 is 9.47 Å². The SMILES string of the molecule is O=C(CC1(c2ccc3c(c2)OCO3)CC=CCC1)NO. The van der Waals surface area contributed by atoms with Crippen molar-refractivity contribution >= 4 is 5.91 Å². The molecule has 5 nitrogen and oxygen atoms in total. The van der Waals surface area contributed by atoms with Crippen LogP contribution in [0.2, 0.25) is 0 Å². The van der Waals surface area contributed by atoms with Crippen molar-refractivity contribution in [2.45, 2.75) is 31.1 Å². The summed E-state index contributed by atoms with van der Waals surface area (Å²) in [6.45, 7) is 0.239. The summed E-state index contributed by atoms with van der Waals surface area (Å²) in [5.41, 5.74) is 2.50. The second-order valence-corrected chi connectivity index (χ2v) is 5.27. The zero-order valence-electron chi connectivity index (χ0n) is 11.1. The van der Waals surface area contributed by atoms with Crippen LogP contribution < -0.4 is 15.0 Å². The van der Waals surface area contributed by atoms with E-state index in [1.54, 1.807) is 5.48 Å². The standard InChI is InChI=1S/C15H17NO4/c17-14(16-18)9-15(6-2-1-3-7-15)11-4-5-12-13(8-11)20-10-19-12/h1-2,4-5,8,18H,3,6-7,9-10H2,(H,16,17). The van der Waals surface area contributed by atoms with Crippen LogP contribution in [0.4, 0.5) is 0 Å². The van der Waals surface area contributed by atoms with Crippen molar-refractivity contribution in [1.29, 1.82) is 0 Å². The average Bonchev–Trinajstić information content (AvgIpc) is 2.95. The number of rotatable bonds is 3. The molecule has 0 bridgehead atoms. The molecule has 1 amide bonds. The van der Waals surface area contributed by atoms with Crippen molar-refractivity contribution in [3.63, 3.8) is 0 Å². The van der Waals surface area contributed by atoms with Crippen LogP contribution in [-0.4, -0.2) is 17.9 Å². The lowest BCUT2D eigenvalue weighted by molar-refractivity contribution is -0.130. The Morgan fingerprint density at radius 3 is 2.90 bits per heavy atom. The summed E-state index contributed by atoms with van der Waals surface area (Å²) in [6.07, 6.45) is 7.05. The number of ether oxygens (including phenoxy) is 2. The van der Waals surface area contributed by atoms with Gasteiger partial charge in [0.25, 0.3) is 0 Å². The van der Waals surface area contributed by atoms with E-state index >= 15 is 0 Å². The Morgan fingerprint density at radius 2 is 2.15 bits per heavy atom. The second kappa shape index (κ2) is 5.17. The van der Waals surface area contributed by atoms with E-state index in [4.69, 9.17) is 14.7 Å². The number of carbonyl (C=O) groups is 1. The molecule has 2 N–H and O–H groups in total. The smallest absolute Gasteiger partial charge is 0.244 e. The highest BCUT2D eigenvalue weighted by molar-refractivity contribution is 5.76. The van der Waals surface area contributed by atoms with Crippen molar-refractivity contribution in [3.05, 3.63) is 35.9 Å². The molecule has 2 aliphatic rings. The highest BCUT2D eigenvalue weighted by atomic mass is 16.7. The number of amides is 1. The number of benzene rings is 1. The van der Waals surface area contributed by atoms with Crippen molar-refractivity contribution in [1.82, 2.24) is 5.48 Å². The van der Waals surface area contributed by atoms with Gasteiger partial charge in [-0.3, -0.25) is 10.0 Å². The van der Waals surface area contributed by atoms with Crippen LogP contribution in [0.5, 0.6) is 11.5 Å². The predicted molar refractivity (Wildman–Crippen MR) is 71.8 cm³/mol. The number of nitrogens with one attached hydrogen (secondary N) is 1. The quantitative estimate of drug-likeness (QED) is 0.504. The largest absolute Gasteiger partial charge is 0.454 e. The van der Waals surface area contributed by atoms with Gasteiger partial charge in [0.15, 0.2) is 11.5 Å². The van der Waals surface area contributed by atoms with Gasteiger partial charge in [0.05, 0.1) is 0 Å². The summed E-state index contributed by atoms with van der Waals surface area (Å²) in [5, 5.41) is 8.82. The van der Waals surface area contributed by atoms with Crippen LogP contribution in [0.1, 0.15) is 31.2 Å². The maximum Gasteiger partial charge on any atom is 0.244 e. The number of hydroxylamine groups is 1. The molecule has 1 unspecified atom stereocenters. The highest BCUT2D eigenvalue weighted by Crippen LogP contribution is 2.43. The first-order valence-electron chi connectivity index (χ1n) is 6.72. The van der Waals surface area contributed by atoms with Gasteiger partial charge >= 0.3 is 0 Å². The van der Waals surface area contributed by atoms with Crippen LogP contribution in [0.25, 0.3) is 0 Å². The van der Waals surface area contributed by atoms with Crippen molar-refractivity contribution in [2.75, 3.05) is 6.79 Å². The van der Waals surface area contributed by atoms with Gasteiger partial charge in [0, 0.05) is 11.8 Å². The molecular formula is C15H17NO4. The van der Waals surface area contributed by atoms with Gasteiger partial charge in [0.1, 0.15) is 0 Å². The summed E-state index contributed by atoms with van der Waals surface area (Å²) in [5.74, 6) is 1.10. The zero-order valence-corrected chi connectivity index (χ0v) is 11.1. The van der Waals surface area contributed by atoms with Crippen LogP contribution >= 0.6 is 0 Å². The molecule has 0 aromatic heterocycles. The first-order chi connectivity index (χ1) is 9.73. The third kappa shape index (κ3) is 2.25. The number of allylic oxidation sites excluding steroid dienone is 2. The second-order valence-electron chi connectivity index (χ2n) is 5.27. The van der Waals surface area contributed by atoms with E-state index in [1.807, 2.05) is 18.2 Å². The lowest BCUT2D eigenvalue weighted by atomic mass is 9.69. The third-order valence-electron chi connectivity index (χ3n) is 4.07. The molecular weight excluding hydrogens is 258 g/mol. The van der Waals surface area contributed by atoms with Crippen molar-refractivity contribution in [2.24, 2.45) is 0 Å². The lowest BCUT2D eigenvalue weighted by Gasteiger charge is -2.35. The lowest BCUT2D eigenvalue weighted by Crippen LogP contribution is -2.34. The Labute approximate surface area is 117 Å². The molecule has 1 aromatic carbocycles. The molecule has 1 heterocycles. The molecule has 20 heavy (non-hydrogen) atoms. The molecule has 0 saturated carbocycles. The summed E-state index contributed by atoms with van der Waals surface area (Å²) < 4.78 is 10.7. The number of hydrogen-bond acceptors (Lipinski definition) is 4. The maximum atomic E-state index is 11.7. The van der Waals surface area contributed by atoms with E-state index < -0.39 is 0 Å². The minimum absolute atomic E-state index is 0.239. The van der Waals surface area contributed by atoms with E-state index in [2.05, 4.69) is 12.2 Å². The number of carbonyl (C=O) groups excluding carboxylic acids is 1. The molecule has 5 heteroatoms. The molecule has 1 aliphatic heterocycles. The molecule has 1 atom stereocenters. The van der Waals surface area contributed by atoms with Gasteiger partial charge in [-0.2, -0.15) is 0 Å². The van der Waals surface area contributed by atoms with Crippen LogP contribution in [0, 0.1) is 0 Å². The summed E-state index contributed by atoms with van der Waals surface area (Å²) in [4.78, 5) is 11.7. The monoisotopic (exact) mass is 275 g/mol. The van der Waals surface area contributed by atoms with E-state index in [0.717, 1.165) is 36.3 Å². The van der Waals surface area contributed by atoms with E-state index in [1.165, 1.54) is 0 Å². The first kappa shape index (κ1) is 13.0. The molecule has 3 rings (SSSR count). The zero-order chi connectivity index (χ0) is 14.0. The van der Waals surface area contributed by atoms with Gasteiger partial charge in [-0.25, -0.2) is 5.48 Å². The topological polar surface area (TPSA) is 67.8 Å². The van der Waals surface area contributed by atoms with E-state index in [9.17, 15) is 4.79 Å². The molecule has 0 fully saturated rings. The fraction of sp³-hybridized carbons (Fsp3) is 0.400. The fourth-order valence-electron chi connectivity index (χ4n) is 2.99.